The zero-order chi connectivity index (χ0) is 10.7. The van der Waals surface area contributed by atoms with Gasteiger partial charge in [-0.2, -0.15) is 0 Å². The van der Waals surface area contributed by atoms with Crippen molar-refractivity contribution in [3.8, 4) is 0 Å². The van der Waals surface area contributed by atoms with Gasteiger partial charge in [-0.3, -0.25) is 0 Å². The van der Waals surface area contributed by atoms with Crippen molar-refractivity contribution in [1.82, 2.24) is 10.2 Å². The van der Waals surface area contributed by atoms with Crippen LogP contribution in [0.15, 0.2) is 22.8 Å². The van der Waals surface area contributed by atoms with Crippen molar-refractivity contribution in [2.45, 2.75) is 13.5 Å². The van der Waals surface area contributed by atoms with Gasteiger partial charge in [-0.25, -0.2) is 4.79 Å². The monoisotopic (exact) mass is 224 g/mol. The number of hydrogen-bond donors (Lipinski definition) is 0. The highest BCUT2D eigenvalue weighted by Crippen LogP contribution is 2.10. The van der Waals surface area contributed by atoms with E-state index in [2.05, 4.69) is 10.2 Å². The molecule has 2 heterocycles. The lowest BCUT2D eigenvalue weighted by molar-refractivity contribution is 0.0435. The third-order valence-corrected chi connectivity index (χ3v) is 2.43. The Hall–Kier alpha value is -1.69. The molecule has 0 aliphatic carbocycles. The predicted octanol–water partition coefficient (Wildman–Crippen LogP) is 1.80. The number of ether oxygens (including phenoxy) is 1. The molecule has 0 atom stereocenters. The van der Waals surface area contributed by atoms with Crippen LogP contribution in [0.5, 0.6) is 0 Å². The summed E-state index contributed by atoms with van der Waals surface area (Å²) in [6.45, 7) is 1.97. The largest absolute Gasteiger partial charge is 0.457 e. The molecule has 0 saturated heterocycles. The molecule has 0 saturated carbocycles. The second-order valence-corrected chi connectivity index (χ2v) is 4.03. The molecule has 0 amide bonds. The minimum atomic E-state index is -0.493. The maximum atomic E-state index is 11.3. The maximum Gasteiger partial charge on any atom is 0.374 e. The van der Waals surface area contributed by atoms with Crippen LogP contribution in [-0.4, -0.2) is 16.2 Å². The fourth-order valence-corrected chi connectivity index (χ4v) is 1.61. The van der Waals surface area contributed by atoms with E-state index in [4.69, 9.17) is 9.15 Å². The van der Waals surface area contributed by atoms with Crippen LogP contribution in [0.25, 0.3) is 0 Å². The van der Waals surface area contributed by atoms with Crippen molar-refractivity contribution in [3.63, 3.8) is 0 Å². The fraction of sp³-hybridized carbons (Fsp3) is 0.222. The summed E-state index contributed by atoms with van der Waals surface area (Å²) in [7, 11) is 0. The first-order valence-corrected chi connectivity index (χ1v) is 5.07. The van der Waals surface area contributed by atoms with Crippen molar-refractivity contribution < 1.29 is 13.9 Å². The van der Waals surface area contributed by atoms with Gasteiger partial charge >= 0.3 is 5.97 Å². The van der Waals surface area contributed by atoms with Gasteiger partial charge in [-0.15, -0.1) is 10.2 Å². The number of hydrogen-bond acceptors (Lipinski definition) is 6. The topological polar surface area (TPSA) is 65.2 Å². The summed E-state index contributed by atoms with van der Waals surface area (Å²) in [4.78, 5) is 11.3. The average Bonchev–Trinajstić information content (AvgIpc) is 2.84. The molecule has 0 bridgehead atoms. The molecular weight excluding hydrogens is 216 g/mol. The zero-order valence-corrected chi connectivity index (χ0v) is 8.78. The number of rotatable bonds is 3. The van der Waals surface area contributed by atoms with Gasteiger partial charge in [0.05, 0.1) is 6.26 Å². The Morgan fingerprint density at radius 3 is 3.07 bits per heavy atom. The van der Waals surface area contributed by atoms with E-state index in [1.807, 2.05) is 6.92 Å². The van der Waals surface area contributed by atoms with E-state index in [1.165, 1.54) is 17.6 Å². The van der Waals surface area contributed by atoms with Gasteiger partial charge in [0.15, 0.2) is 5.01 Å². The summed E-state index contributed by atoms with van der Waals surface area (Å²) in [5.41, 5.74) is 0. The number of esters is 1. The SMILES string of the molecule is Cc1nnc(COC(=O)c2ccco2)s1. The molecule has 15 heavy (non-hydrogen) atoms. The van der Waals surface area contributed by atoms with Crippen LogP contribution in [0, 0.1) is 6.92 Å². The quantitative estimate of drug-likeness (QED) is 0.744. The molecule has 6 heteroatoms. The first kappa shape index (κ1) is 9.85. The molecule has 0 N–H and O–H groups in total. The summed E-state index contributed by atoms with van der Waals surface area (Å²) in [6, 6.07) is 3.18. The Labute approximate surface area is 89.7 Å². The lowest BCUT2D eigenvalue weighted by atomic mass is 10.5. The highest BCUT2D eigenvalue weighted by atomic mass is 32.1. The molecule has 0 spiro atoms. The van der Waals surface area contributed by atoms with Gasteiger partial charge in [0.25, 0.3) is 0 Å². The van der Waals surface area contributed by atoms with Crippen LogP contribution in [0.1, 0.15) is 20.6 Å². The second-order valence-electron chi connectivity index (χ2n) is 2.77. The molecule has 2 rings (SSSR count). The van der Waals surface area contributed by atoms with E-state index in [0.717, 1.165) is 5.01 Å². The molecule has 2 aromatic rings. The van der Waals surface area contributed by atoms with E-state index in [-0.39, 0.29) is 12.4 Å². The van der Waals surface area contributed by atoms with E-state index in [1.54, 1.807) is 12.1 Å². The van der Waals surface area contributed by atoms with Crippen LogP contribution in [0.4, 0.5) is 0 Å². The van der Waals surface area contributed by atoms with Crippen LogP contribution >= 0.6 is 11.3 Å². The molecule has 0 unspecified atom stereocenters. The maximum absolute atomic E-state index is 11.3. The van der Waals surface area contributed by atoms with Crippen molar-refractivity contribution >= 4 is 17.3 Å². The third-order valence-electron chi connectivity index (χ3n) is 1.62. The molecule has 0 aliphatic rings. The first-order chi connectivity index (χ1) is 7.25. The molecule has 2 aromatic heterocycles. The Morgan fingerprint density at radius 2 is 2.47 bits per heavy atom. The Kier molecular flexibility index (Phi) is 2.77. The van der Waals surface area contributed by atoms with E-state index in [0.29, 0.717) is 5.01 Å². The van der Waals surface area contributed by atoms with Crippen LogP contribution in [-0.2, 0) is 11.3 Å². The van der Waals surface area contributed by atoms with Crippen molar-refractivity contribution in [1.29, 1.82) is 0 Å². The first-order valence-electron chi connectivity index (χ1n) is 4.25. The van der Waals surface area contributed by atoms with Gasteiger partial charge in [0.2, 0.25) is 5.76 Å². The molecule has 0 fully saturated rings. The van der Waals surface area contributed by atoms with Crippen molar-refractivity contribution in [3.05, 3.63) is 34.2 Å². The number of carbonyl (C=O) groups excluding carboxylic acids is 1. The van der Waals surface area contributed by atoms with Gasteiger partial charge < -0.3 is 9.15 Å². The average molecular weight is 224 g/mol. The number of nitrogens with zero attached hydrogens (tertiary/aromatic N) is 2. The number of carbonyl (C=O) groups is 1. The summed E-state index contributed by atoms with van der Waals surface area (Å²) >= 11 is 1.40. The van der Waals surface area contributed by atoms with Gasteiger partial charge in [-0.05, 0) is 19.1 Å². The molecule has 0 radical (unpaired) electrons. The van der Waals surface area contributed by atoms with Crippen molar-refractivity contribution in [2.75, 3.05) is 0 Å². The Bertz CT molecular complexity index is 450. The van der Waals surface area contributed by atoms with Crippen LogP contribution < -0.4 is 0 Å². The minimum Gasteiger partial charge on any atom is -0.457 e. The summed E-state index contributed by atoms with van der Waals surface area (Å²) in [6.07, 6.45) is 1.42. The Balaban J connectivity index is 1.91. The second kappa shape index (κ2) is 4.22. The summed E-state index contributed by atoms with van der Waals surface area (Å²) in [5, 5.41) is 9.16. The smallest absolute Gasteiger partial charge is 0.374 e. The fourth-order valence-electron chi connectivity index (χ4n) is 0.989. The van der Waals surface area contributed by atoms with E-state index >= 15 is 0 Å². The number of aromatic nitrogens is 2. The van der Waals surface area contributed by atoms with Crippen LogP contribution in [0.2, 0.25) is 0 Å². The van der Waals surface area contributed by atoms with E-state index < -0.39 is 5.97 Å². The Morgan fingerprint density at radius 1 is 1.60 bits per heavy atom. The molecule has 78 valence electrons. The summed E-state index contributed by atoms with van der Waals surface area (Å²) in [5.74, 6) is -0.302. The predicted molar refractivity (Wildman–Crippen MR) is 52.5 cm³/mol. The van der Waals surface area contributed by atoms with E-state index in [9.17, 15) is 4.79 Å². The van der Waals surface area contributed by atoms with Gasteiger partial charge in [-0.1, -0.05) is 11.3 Å². The molecule has 0 aliphatic heterocycles. The lowest BCUT2D eigenvalue weighted by Crippen LogP contribution is -2.03. The summed E-state index contributed by atoms with van der Waals surface area (Å²) < 4.78 is 9.84. The zero-order valence-electron chi connectivity index (χ0n) is 7.97. The van der Waals surface area contributed by atoms with Crippen LogP contribution in [0.3, 0.4) is 0 Å². The molecule has 0 aromatic carbocycles. The highest BCUT2D eigenvalue weighted by Gasteiger charge is 2.11. The van der Waals surface area contributed by atoms with Gasteiger partial charge in [0.1, 0.15) is 11.6 Å². The van der Waals surface area contributed by atoms with Crippen molar-refractivity contribution in [2.24, 2.45) is 0 Å². The lowest BCUT2D eigenvalue weighted by Gasteiger charge is -1.97. The standard InChI is InChI=1S/C9H8N2O3S/c1-6-10-11-8(15-6)5-14-9(12)7-3-2-4-13-7/h2-4H,5H2,1H3. The molecule has 5 nitrogen and oxygen atoms in total. The molecular formula is C9H8N2O3S. The normalized spacial score (nSPS) is 10.2. The van der Waals surface area contributed by atoms with Gasteiger partial charge in [0, 0.05) is 0 Å². The third kappa shape index (κ3) is 2.41. The number of furan rings is 1. The minimum absolute atomic E-state index is 0.130. The highest BCUT2D eigenvalue weighted by molar-refractivity contribution is 7.11. The number of aryl methyl sites for hydroxylation is 1.